The van der Waals surface area contributed by atoms with Crippen LogP contribution in [-0.4, -0.2) is 36.5 Å². The van der Waals surface area contributed by atoms with Crippen molar-refractivity contribution in [3.8, 4) is 0 Å². The Labute approximate surface area is 120 Å². The molecule has 4 heteroatoms. The van der Waals surface area contributed by atoms with E-state index in [4.69, 9.17) is 5.73 Å². The van der Waals surface area contributed by atoms with Crippen molar-refractivity contribution in [2.45, 2.75) is 31.7 Å². The fourth-order valence-corrected chi connectivity index (χ4v) is 3.01. The number of likely N-dealkylation sites (tertiary alicyclic amines) is 1. The number of hydrogen-bond donors (Lipinski definition) is 2. The van der Waals surface area contributed by atoms with E-state index in [0.29, 0.717) is 18.0 Å². The fraction of sp³-hybridized carbons (Fsp3) is 0.562. The van der Waals surface area contributed by atoms with Crippen LogP contribution in [0.1, 0.15) is 24.8 Å². The van der Waals surface area contributed by atoms with Crippen LogP contribution in [0, 0.1) is 5.92 Å². The van der Waals surface area contributed by atoms with Gasteiger partial charge in [-0.25, -0.2) is 0 Å². The molecule has 2 aliphatic rings. The average molecular weight is 273 g/mol. The molecule has 108 valence electrons. The molecule has 1 aromatic rings. The van der Waals surface area contributed by atoms with Gasteiger partial charge < -0.3 is 16.0 Å². The quantitative estimate of drug-likeness (QED) is 0.798. The Hall–Kier alpha value is -1.55. The molecule has 1 amide bonds. The Morgan fingerprint density at radius 1 is 1.35 bits per heavy atom. The van der Waals surface area contributed by atoms with Gasteiger partial charge in [0.25, 0.3) is 0 Å². The van der Waals surface area contributed by atoms with Crippen molar-refractivity contribution in [1.29, 1.82) is 0 Å². The molecule has 20 heavy (non-hydrogen) atoms. The predicted octanol–water partition coefficient (Wildman–Crippen LogP) is 1.41. The van der Waals surface area contributed by atoms with E-state index in [1.165, 1.54) is 25.8 Å². The van der Waals surface area contributed by atoms with Crippen LogP contribution in [0.4, 0.5) is 5.69 Å². The second-order valence-electron chi connectivity index (χ2n) is 6.11. The first-order valence-corrected chi connectivity index (χ1v) is 7.56. The summed E-state index contributed by atoms with van der Waals surface area (Å²) in [6.07, 6.45) is 4.38. The van der Waals surface area contributed by atoms with Gasteiger partial charge in [0.2, 0.25) is 5.91 Å². The summed E-state index contributed by atoms with van der Waals surface area (Å²) >= 11 is 0. The lowest BCUT2D eigenvalue weighted by molar-refractivity contribution is -0.120. The molecule has 1 atom stereocenters. The first-order chi connectivity index (χ1) is 9.70. The molecule has 0 bridgehead atoms. The van der Waals surface area contributed by atoms with E-state index in [1.54, 1.807) is 0 Å². The number of carbonyl (C=O) groups is 1. The van der Waals surface area contributed by atoms with Gasteiger partial charge in [0.1, 0.15) is 0 Å². The largest absolute Gasteiger partial charge is 0.399 e. The van der Waals surface area contributed by atoms with Crippen LogP contribution in [0.15, 0.2) is 24.3 Å². The van der Waals surface area contributed by atoms with Crippen LogP contribution >= 0.6 is 0 Å². The zero-order chi connectivity index (χ0) is 13.9. The number of rotatable bonds is 5. The number of hydrogen-bond acceptors (Lipinski definition) is 3. The highest BCUT2D eigenvalue weighted by molar-refractivity contribution is 5.78. The minimum Gasteiger partial charge on any atom is -0.399 e. The monoisotopic (exact) mass is 273 g/mol. The number of nitrogen functional groups attached to an aromatic ring is 1. The zero-order valence-corrected chi connectivity index (χ0v) is 11.8. The Balaban J connectivity index is 1.41. The standard InChI is InChI=1S/C16H23N3O/c17-14-3-1-2-12(8-14)9-16(20)18-10-13-6-7-19(11-13)15-4-5-15/h1-3,8,13,15H,4-7,9-11,17H2,(H,18,20). The molecule has 0 aromatic heterocycles. The van der Waals surface area contributed by atoms with E-state index in [9.17, 15) is 4.79 Å². The molecule has 1 unspecified atom stereocenters. The molecule has 0 spiro atoms. The minimum absolute atomic E-state index is 0.0977. The molecular weight excluding hydrogens is 250 g/mol. The molecule has 2 fully saturated rings. The Morgan fingerprint density at radius 2 is 2.20 bits per heavy atom. The lowest BCUT2D eigenvalue weighted by Gasteiger charge is -2.15. The molecule has 1 aliphatic heterocycles. The smallest absolute Gasteiger partial charge is 0.224 e. The van der Waals surface area contributed by atoms with Gasteiger partial charge in [-0.2, -0.15) is 0 Å². The topological polar surface area (TPSA) is 58.4 Å². The van der Waals surface area contributed by atoms with Crippen LogP contribution in [0.5, 0.6) is 0 Å². The van der Waals surface area contributed by atoms with Crippen molar-refractivity contribution in [1.82, 2.24) is 10.2 Å². The van der Waals surface area contributed by atoms with E-state index >= 15 is 0 Å². The summed E-state index contributed by atoms with van der Waals surface area (Å²) in [6, 6.07) is 8.39. The molecule has 1 saturated carbocycles. The summed E-state index contributed by atoms with van der Waals surface area (Å²) < 4.78 is 0. The summed E-state index contributed by atoms with van der Waals surface area (Å²) in [5.41, 5.74) is 7.41. The molecular formula is C16H23N3O. The van der Waals surface area contributed by atoms with Crippen LogP contribution in [-0.2, 0) is 11.2 Å². The van der Waals surface area contributed by atoms with Crippen molar-refractivity contribution in [3.63, 3.8) is 0 Å². The lowest BCUT2D eigenvalue weighted by Crippen LogP contribution is -2.32. The van der Waals surface area contributed by atoms with Gasteiger partial charge in [0, 0.05) is 24.8 Å². The Morgan fingerprint density at radius 3 is 2.95 bits per heavy atom. The van der Waals surface area contributed by atoms with Crippen molar-refractivity contribution in [3.05, 3.63) is 29.8 Å². The SMILES string of the molecule is Nc1cccc(CC(=O)NCC2CCN(C3CC3)C2)c1. The summed E-state index contributed by atoms with van der Waals surface area (Å²) in [5, 5.41) is 3.07. The van der Waals surface area contributed by atoms with Gasteiger partial charge in [-0.3, -0.25) is 4.79 Å². The van der Waals surface area contributed by atoms with Crippen molar-refractivity contribution in [2.24, 2.45) is 5.92 Å². The highest BCUT2D eigenvalue weighted by Gasteiger charge is 2.34. The number of benzene rings is 1. The Bertz CT molecular complexity index is 484. The van der Waals surface area contributed by atoms with Gasteiger partial charge in [-0.15, -0.1) is 0 Å². The molecule has 3 rings (SSSR count). The third-order valence-corrected chi connectivity index (χ3v) is 4.28. The van der Waals surface area contributed by atoms with E-state index in [2.05, 4.69) is 10.2 Å². The first-order valence-electron chi connectivity index (χ1n) is 7.56. The highest BCUT2D eigenvalue weighted by atomic mass is 16.1. The van der Waals surface area contributed by atoms with E-state index in [-0.39, 0.29) is 5.91 Å². The second kappa shape index (κ2) is 5.83. The number of nitrogens with zero attached hydrogens (tertiary/aromatic N) is 1. The fourth-order valence-electron chi connectivity index (χ4n) is 3.01. The molecule has 0 radical (unpaired) electrons. The van der Waals surface area contributed by atoms with Gasteiger partial charge in [0.05, 0.1) is 6.42 Å². The van der Waals surface area contributed by atoms with E-state index in [1.807, 2.05) is 24.3 Å². The van der Waals surface area contributed by atoms with Crippen molar-refractivity contribution < 1.29 is 4.79 Å². The molecule has 3 N–H and O–H groups in total. The molecule has 1 heterocycles. The predicted molar refractivity (Wildman–Crippen MR) is 80.3 cm³/mol. The van der Waals surface area contributed by atoms with E-state index < -0.39 is 0 Å². The van der Waals surface area contributed by atoms with Gasteiger partial charge in [-0.05, 0) is 49.4 Å². The Kier molecular flexibility index (Phi) is 3.92. The lowest BCUT2D eigenvalue weighted by atomic mass is 10.1. The number of amides is 1. The first kappa shape index (κ1) is 13.4. The third-order valence-electron chi connectivity index (χ3n) is 4.28. The van der Waals surface area contributed by atoms with Crippen LogP contribution < -0.4 is 11.1 Å². The molecule has 1 saturated heterocycles. The minimum atomic E-state index is 0.0977. The average Bonchev–Trinajstić information content (AvgIpc) is 3.16. The van der Waals surface area contributed by atoms with Crippen LogP contribution in [0.25, 0.3) is 0 Å². The highest BCUT2D eigenvalue weighted by Crippen LogP contribution is 2.31. The van der Waals surface area contributed by atoms with Crippen LogP contribution in [0.2, 0.25) is 0 Å². The van der Waals surface area contributed by atoms with Gasteiger partial charge in [0.15, 0.2) is 0 Å². The molecule has 4 nitrogen and oxygen atoms in total. The summed E-state index contributed by atoms with van der Waals surface area (Å²) in [5.74, 6) is 0.723. The van der Waals surface area contributed by atoms with Crippen LogP contribution in [0.3, 0.4) is 0 Å². The number of nitrogens with one attached hydrogen (secondary N) is 1. The number of carbonyl (C=O) groups excluding carboxylic acids is 1. The maximum atomic E-state index is 11.9. The number of nitrogens with two attached hydrogens (primary N) is 1. The maximum Gasteiger partial charge on any atom is 0.224 e. The van der Waals surface area contributed by atoms with Crippen molar-refractivity contribution in [2.75, 3.05) is 25.4 Å². The summed E-state index contributed by atoms with van der Waals surface area (Å²) in [6.45, 7) is 3.17. The summed E-state index contributed by atoms with van der Waals surface area (Å²) in [4.78, 5) is 14.5. The maximum absolute atomic E-state index is 11.9. The van der Waals surface area contributed by atoms with Crippen molar-refractivity contribution >= 4 is 11.6 Å². The molecule has 1 aliphatic carbocycles. The molecule has 1 aromatic carbocycles. The van der Waals surface area contributed by atoms with Gasteiger partial charge in [-0.1, -0.05) is 12.1 Å². The van der Waals surface area contributed by atoms with E-state index in [0.717, 1.165) is 24.7 Å². The number of anilines is 1. The second-order valence-corrected chi connectivity index (χ2v) is 6.11. The van der Waals surface area contributed by atoms with Gasteiger partial charge >= 0.3 is 0 Å². The summed E-state index contributed by atoms with van der Waals surface area (Å²) in [7, 11) is 0. The zero-order valence-electron chi connectivity index (χ0n) is 11.8. The normalized spacial score (nSPS) is 22.9. The third kappa shape index (κ3) is 3.51.